The van der Waals surface area contributed by atoms with Crippen LogP contribution < -0.4 is 5.32 Å². The number of carbonyl (C=O) groups is 1. The first kappa shape index (κ1) is 16.8. The lowest BCUT2D eigenvalue weighted by atomic mass is 10.0. The van der Waals surface area contributed by atoms with Crippen molar-refractivity contribution < 1.29 is 9.53 Å². The number of amides is 2. The Morgan fingerprint density at radius 3 is 2.45 bits per heavy atom. The van der Waals surface area contributed by atoms with Crippen LogP contribution in [0, 0.1) is 0 Å². The Morgan fingerprint density at radius 1 is 1.27 bits per heavy atom. The number of carbonyl (C=O) groups excluding carboxylic acids is 1. The first-order chi connectivity index (χ1) is 10.6. The molecular weight excluding hydrogens is 278 g/mol. The summed E-state index contributed by atoms with van der Waals surface area (Å²) in [6.45, 7) is 5.36. The Balaban J connectivity index is 1.94. The largest absolute Gasteiger partial charge is 0.378 e. The summed E-state index contributed by atoms with van der Waals surface area (Å²) in [6.07, 6.45) is 1.04. The number of morpholine rings is 1. The number of nitrogens with zero attached hydrogens (tertiary/aromatic N) is 2. The topological polar surface area (TPSA) is 44.8 Å². The van der Waals surface area contributed by atoms with Gasteiger partial charge < -0.3 is 19.9 Å². The summed E-state index contributed by atoms with van der Waals surface area (Å²) in [5.74, 6) is 0. The van der Waals surface area contributed by atoms with Crippen LogP contribution in [-0.2, 0) is 11.2 Å². The predicted octanol–water partition coefficient (Wildman–Crippen LogP) is 1.89. The van der Waals surface area contributed by atoms with E-state index in [1.807, 2.05) is 19.0 Å². The van der Waals surface area contributed by atoms with Crippen molar-refractivity contribution in [2.75, 3.05) is 46.9 Å². The summed E-state index contributed by atoms with van der Waals surface area (Å²) in [6, 6.07) is 8.82. The number of aryl methyl sites for hydroxylation is 1. The maximum absolute atomic E-state index is 12.2. The van der Waals surface area contributed by atoms with Gasteiger partial charge in [0, 0.05) is 19.6 Å². The van der Waals surface area contributed by atoms with Gasteiger partial charge in [-0.1, -0.05) is 31.2 Å². The molecular formula is C17H27N3O2. The van der Waals surface area contributed by atoms with Gasteiger partial charge in [-0.25, -0.2) is 4.79 Å². The molecule has 1 N–H and O–H groups in total. The minimum Gasteiger partial charge on any atom is -0.378 e. The number of likely N-dealkylation sites (N-methyl/N-ethyl adjacent to an activating group) is 1. The number of rotatable bonds is 5. The molecule has 1 fully saturated rings. The molecule has 2 amide bonds. The second-order valence-electron chi connectivity index (χ2n) is 5.86. The van der Waals surface area contributed by atoms with E-state index in [1.165, 1.54) is 11.1 Å². The minimum absolute atomic E-state index is 0.000304. The van der Waals surface area contributed by atoms with Gasteiger partial charge in [-0.3, -0.25) is 0 Å². The van der Waals surface area contributed by atoms with E-state index in [0.29, 0.717) is 32.8 Å². The van der Waals surface area contributed by atoms with E-state index in [0.717, 1.165) is 6.42 Å². The van der Waals surface area contributed by atoms with Crippen molar-refractivity contribution in [2.24, 2.45) is 0 Å². The Hall–Kier alpha value is -1.59. The number of ether oxygens (including phenoxy) is 1. The van der Waals surface area contributed by atoms with Crippen LogP contribution in [0.3, 0.4) is 0 Å². The first-order valence-corrected chi connectivity index (χ1v) is 7.97. The molecule has 0 bridgehead atoms. The van der Waals surface area contributed by atoms with Crippen LogP contribution in [0.25, 0.3) is 0 Å². The van der Waals surface area contributed by atoms with E-state index in [4.69, 9.17) is 4.74 Å². The van der Waals surface area contributed by atoms with Crippen molar-refractivity contribution in [3.8, 4) is 0 Å². The molecule has 0 spiro atoms. The number of nitrogens with one attached hydrogen (secondary N) is 1. The van der Waals surface area contributed by atoms with E-state index in [1.54, 1.807) is 0 Å². The van der Waals surface area contributed by atoms with E-state index < -0.39 is 0 Å². The third-order valence-electron chi connectivity index (χ3n) is 4.14. The molecule has 1 aliphatic rings. The van der Waals surface area contributed by atoms with Crippen LogP contribution >= 0.6 is 0 Å². The molecule has 1 aliphatic heterocycles. The number of benzene rings is 1. The summed E-state index contributed by atoms with van der Waals surface area (Å²) in [5, 5.41) is 3.05. The summed E-state index contributed by atoms with van der Waals surface area (Å²) >= 11 is 0. The highest BCUT2D eigenvalue weighted by Crippen LogP contribution is 2.18. The van der Waals surface area contributed by atoms with Gasteiger partial charge in [-0.05, 0) is 31.6 Å². The van der Waals surface area contributed by atoms with Crippen LogP contribution in [0.5, 0.6) is 0 Å². The van der Waals surface area contributed by atoms with Crippen molar-refractivity contribution in [3.05, 3.63) is 35.4 Å². The molecule has 5 nitrogen and oxygen atoms in total. The van der Waals surface area contributed by atoms with Crippen LogP contribution in [0.1, 0.15) is 24.1 Å². The minimum atomic E-state index is 0.000304. The molecule has 0 saturated carbocycles. The second-order valence-corrected chi connectivity index (χ2v) is 5.86. The molecule has 1 unspecified atom stereocenters. The fraction of sp³-hybridized carbons (Fsp3) is 0.588. The summed E-state index contributed by atoms with van der Waals surface area (Å²) in [7, 11) is 4.08. The second kappa shape index (κ2) is 8.15. The molecule has 0 radical (unpaired) electrons. The summed E-state index contributed by atoms with van der Waals surface area (Å²) in [4.78, 5) is 16.2. The number of urea groups is 1. The zero-order chi connectivity index (χ0) is 15.9. The van der Waals surface area contributed by atoms with Crippen molar-refractivity contribution in [1.82, 2.24) is 15.1 Å². The molecule has 122 valence electrons. The number of hydrogen-bond donors (Lipinski definition) is 1. The van der Waals surface area contributed by atoms with Gasteiger partial charge in [-0.15, -0.1) is 0 Å². The molecule has 0 aromatic heterocycles. The van der Waals surface area contributed by atoms with Crippen molar-refractivity contribution in [2.45, 2.75) is 19.4 Å². The van der Waals surface area contributed by atoms with E-state index in [-0.39, 0.29) is 12.1 Å². The molecule has 0 aliphatic carbocycles. The molecule has 2 rings (SSSR count). The number of hydrogen-bond acceptors (Lipinski definition) is 3. The quantitative estimate of drug-likeness (QED) is 0.903. The zero-order valence-corrected chi connectivity index (χ0v) is 13.8. The maximum atomic E-state index is 12.2. The van der Waals surface area contributed by atoms with Crippen molar-refractivity contribution >= 4 is 6.03 Å². The lowest BCUT2D eigenvalue weighted by Crippen LogP contribution is -2.47. The Morgan fingerprint density at radius 2 is 1.91 bits per heavy atom. The lowest BCUT2D eigenvalue weighted by Gasteiger charge is -2.30. The highest BCUT2D eigenvalue weighted by atomic mass is 16.5. The van der Waals surface area contributed by atoms with E-state index >= 15 is 0 Å². The van der Waals surface area contributed by atoms with Gasteiger partial charge in [0.05, 0.1) is 19.3 Å². The highest BCUT2D eigenvalue weighted by molar-refractivity contribution is 5.74. The predicted molar refractivity (Wildman–Crippen MR) is 88.0 cm³/mol. The fourth-order valence-corrected chi connectivity index (χ4v) is 2.64. The lowest BCUT2D eigenvalue weighted by molar-refractivity contribution is 0.0528. The monoisotopic (exact) mass is 305 g/mol. The van der Waals surface area contributed by atoms with Gasteiger partial charge in [0.15, 0.2) is 0 Å². The van der Waals surface area contributed by atoms with Crippen LogP contribution in [-0.4, -0.2) is 62.8 Å². The maximum Gasteiger partial charge on any atom is 0.317 e. The standard InChI is InChI=1S/C17H27N3O2/c1-4-14-5-7-15(8-6-14)16(19(2)3)13-18-17(21)20-9-11-22-12-10-20/h5-8,16H,4,9-13H2,1-3H3,(H,18,21). The molecule has 1 aromatic carbocycles. The molecule has 1 saturated heterocycles. The Kier molecular flexibility index (Phi) is 6.21. The fourth-order valence-electron chi connectivity index (χ4n) is 2.64. The summed E-state index contributed by atoms with van der Waals surface area (Å²) < 4.78 is 5.27. The molecule has 1 heterocycles. The molecule has 1 atom stereocenters. The molecule has 5 heteroatoms. The van der Waals surface area contributed by atoms with Gasteiger partial charge in [0.1, 0.15) is 0 Å². The molecule has 1 aromatic rings. The van der Waals surface area contributed by atoms with Crippen LogP contribution in [0.4, 0.5) is 4.79 Å². The van der Waals surface area contributed by atoms with Crippen molar-refractivity contribution in [3.63, 3.8) is 0 Å². The van der Waals surface area contributed by atoms with E-state index in [2.05, 4.69) is 41.4 Å². The van der Waals surface area contributed by atoms with Gasteiger partial charge in [-0.2, -0.15) is 0 Å². The Bertz CT molecular complexity index is 467. The van der Waals surface area contributed by atoms with Crippen LogP contribution in [0.15, 0.2) is 24.3 Å². The Labute approximate surface area is 133 Å². The van der Waals surface area contributed by atoms with Gasteiger partial charge in [0.2, 0.25) is 0 Å². The van der Waals surface area contributed by atoms with Crippen LogP contribution in [0.2, 0.25) is 0 Å². The van der Waals surface area contributed by atoms with Crippen molar-refractivity contribution in [1.29, 1.82) is 0 Å². The first-order valence-electron chi connectivity index (χ1n) is 7.97. The van der Waals surface area contributed by atoms with E-state index in [9.17, 15) is 4.79 Å². The third-order valence-corrected chi connectivity index (χ3v) is 4.14. The average molecular weight is 305 g/mol. The highest BCUT2D eigenvalue weighted by Gasteiger charge is 2.19. The van der Waals surface area contributed by atoms with Gasteiger partial charge >= 0.3 is 6.03 Å². The van der Waals surface area contributed by atoms with Gasteiger partial charge in [0.25, 0.3) is 0 Å². The third kappa shape index (κ3) is 4.45. The zero-order valence-electron chi connectivity index (χ0n) is 13.8. The summed E-state index contributed by atoms with van der Waals surface area (Å²) in [5.41, 5.74) is 2.56. The normalized spacial score (nSPS) is 16.6. The average Bonchev–Trinajstić information content (AvgIpc) is 2.56. The molecule has 22 heavy (non-hydrogen) atoms. The SMILES string of the molecule is CCc1ccc(C(CNC(=O)N2CCOCC2)N(C)C)cc1. The smallest absolute Gasteiger partial charge is 0.317 e.